The number of benzene rings is 1. The molecule has 1 N–H and O–H groups in total. The Hall–Kier alpha value is -3.54. The lowest BCUT2D eigenvalue weighted by Crippen LogP contribution is -2.24. The quantitative estimate of drug-likeness (QED) is 0.587. The molecule has 6 heteroatoms. The van der Waals surface area contributed by atoms with Crippen molar-refractivity contribution in [2.45, 2.75) is 25.8 Å². The number of rotatable bonds is 7. The Balaban J connectivity index is 1.52. The number of nitrogens with zero attached hydrogens (tertiary/aromatic N) is 4. The van der Waals surface area contributed by atoms with Gasteiger partial charge in [0.25, 0.3) is 0 Å². The van der Waals surface area contributed by atoms with Crippen molar-refractivity contribution in [3.8, 4) is 22.4 Å². The lowest BCUT2D eigenvalue weighted by molar-refractivity contribution is -0.121. The van der Waals surface area contributed by atoms with Gasteiger partial charge in [0.2, 0.25) is 11.9 Å². The number of aromatic nitrogens is 3. The second kappa shape index (κ2) is 9.51. The second-order valence-corrected chi connectivity index (χ2v) is 8.01. The molecule has 0 saturated carbocycles. The van der Waals surface area contributed by atoms with Gasteiger partial charge in [-0.3, -0.25) is 9.78 Å². The molecule has 4 rings (SSSR count). The number of carbonyl (C=O) groups excluding carboxylic acids is 1. The molecule has 3 aromatic rings. The third kappa shape index (κ3) is 5.15. The zero-order chi connectivity index (χ0) is 21.6. The summed E-state index contributed by atoms with van der Waals surface area (Å²) in [5.74, 6) is 1.15. The maximum atomic E-state index is 12.2. The first kappa shape index (κ1) is 20.7. The Bertz CT molecular complexity index is 1060. The van der Waals surface area contributed by atoms with Crippen LogP contribution in [-0.2, 0) is 11.3 Å². The van der Waals surface area contributed by atoms with Gasteiger partial charge in [0.1, 0.15) is 0 Å². The standard InChI is InChI=1S/C25H27N5O/c1-30(2)25-28-17-22(20-11-13-26-14-12-20)24(29-25)21-9-7-19(8-10-21)16-27-23(31)15-18-5-3-4-6-18/h3,5,7-14,17-18H,4,6,15-16H2,1-2H3,(H,27,31). The van der Waals surface area contributed by atoms with Crippen molar-refractivity contribution in [3.05, 3.63) is 72.7 Å². The molecule has 2 heterocycles. The van der Waals surface area contributed by atoms with E-state index in [0.29, 0.717) is 24.8 Å². The topological polar surface area (TPSA) is 71.0 Å². The molecule has 0 bridgehead atoms. The predicted octanol–water partition coefficient (Wildman–Crippen LogP) is 4.24. The summed E-state index contributed by atoms with van der Waals surface area (Å²) in [6, 6.07) is 12.1. The van der Waals surface area contributed by atoms with Crippen LogP contribution >= 0.6 is 0 Å². The lowest BCUT2D eigenvalue weighted by Gasteiger charge is -2.15. The van der Waals surface area contributed by atoms with Crippen LogP contribution in [0.25, 0.3) is 22.4 Å². The van der Waals surface area contributed by atoms with Crippen molar-refractivity contribution >= 4 is 11.9 Å². The van der Waals surface area contributed by atoms with E-state index in [1.165, 1.54) is 0 Å². The fourth-order valence-corrected chi connectivity index (χ4v) is 3.71. The molecule has 1 amide bonds. The van der Waals surface area contributed by atoms with Crippen LogP contribution in [0, 0.1) is 5.92 Å². The zero-order valence-electron chi connectivity index (χ0n) is 18.0. The van der Waals surface area contributed by atoms with Gasteiger partial charge in [0.05, 0.1) is 5.69 Å². The van der Waals surface area contributed by atoms with Crippen LogP contribution in [0.1, 0.15) is 24.8 Å². The lowest BCUT2D eigenvalue weighted by atomic mass is 10.0. The van der Waals surface area contributed by atoms with E-state index in [2.05, 4.69) is 27.4 Å². The van der Waals surface area contributed by atoms with Crippen molar-refractivity contribution in [1.82, 2.24) is 20.3 Å². The van der Waals surface area contributed by atoms with E-state index >= 15 is 0 Å². The van der Waals surface area contributed by atoms with Gasteiger partial charge in [-0.05, 0) is 42.0 Å². The number of nitrogens with one attached hydrogen (secondary N) is 1. The molecule has 0 aliphatic heterocycles. The van der Waals surface area contributed by atoms with Gasteiger partial charge in [-0.1, -0.05) is 36.4 Å². The van der Waals surface area contributed by atoms with Gasteiger partial charge < -0.3 is 10.2 Å². The monoisotopic (exact) mass is 413 g/mol. The summed E-state index contributed by atoms with van der Waals surface area (Å²) in [7, 11) is 3.86. The molecule has 6 nitrogen and oxygen atoms in total. The van der Waals surface area contributed by atoms with Gasteiger partial charge in [-0.25, -0.2) is 9.97 Å². The van der Waals surface area contributed by atoms with Gasteiger partial charge in [0.15, 0.2) is 0 Å². The number of hydrogen-bond acceptors (Lipinski definition) is 5. The summed E-state index contributed by atoms with van der Waals surface area (Å²) in [6.45, 7) is 0.527. The third-order valence-corrected chi connectivity index (χ3v) is 5.44. The normalized spacial score (nSPS) is 15.1. The molecule has 1 aliphatic rings. The first-order valence-electron chi connectivity index (χ1n) is 10.6. The Labute approximate surface area is 183 Å². The zero-order valence-corrected chi connectivity index (χ0v) is 18.0. The van der Waals surface area contributed by atoms with Gasteiger partial charge in [-0.15, -0.1) is 0 Å². The summed E-state index contributed by atoms with van der Waals surface area (Å²) >= 11 is 0. The highest BCUT2D eigenvalue weighted by Gasteiger charge is 2.15. The van der Waals surface area contributed by atoms with E-state index in [9.17, 15) is 4.79 Å². The predicted molar refractivity (Wildman–Crippen MR) is 123 cm³/mol. The number of amides is 1. The van der Waals surface area contributed by atoms with E-state index in [0.717, 1.165) is 40.8 Å². The Morgan fingerprint density at radius 1 is 1.10 bits per heavy atom. The third-order valence-electron chi connectivity index (χ3n) is 5.44. The fourth-order valence-electron chi connectivity index (χ4n) is 3.71. The van der Waals surface area contributed by atoms with E-state index in [4.69, 9.17) is 4.98 Å². The highest BCUT2D eigenvalue weighted by Crippen LogP contribution is 2.31. The van der Waals surface area contributed by atoms with Crippen LogP contribution in [0.2, 0.25) is 0 Å². The van der Waals surface area contributed by atoms with Gasteiger partial charge >= 0.3 is 0 Å². The van der Waals surface area contributed by atoms with Crippen molar-refractivity contribution < 1.29 is 4.79 Å². The molecule has 0 fully saturated rings. The molecule has 1 aromatic carbocycles. The van der Waals surface area contributed by atoms with Gasteiger partial charge in [-0.2, -0.15) is 0 Å². The van der Waals surface area contributed by atoms with Crippen LogP contribution < -0.4 is 10.2 Å². The van der Waals surface area contributed by atoms with Crippen molar-refractivity contribution in [1.29, 1.82) is 0 Å². The minimum Gasteiger partial charge on any atom is -0.352 e. The van der Waals surface area contributed by atoms with Crippen molar-refractivity contribution in [2.24, 2.45) is 5.92 Å². The van der Waals surface area contributed by atoms with E-state index in [-0.39, 0.29) is 5.91 Å². The smallest absolute Gasteiger partial charge is 0.225 e. The summed E-state index contributed by atoms with van der Waals surface area (Å²) in [4.78, 5) is 27.5. The molecule has 31 heavy (non-hydrogen) atoms. The molecular weight excluding hydrogens is 386 g/mol. The molecule has 1 unspecified atom stereocenters. The van der Waals surface area contributed by atoms with E-state index < -0.39 is 0 Å². The average molecular weight is 414 g/mol. The van der Waals surface area contributed by atoms with Crippen molar-refractivity contribution in [3.63, 3.8) is 0 Å². The highest BCUT2D eigenvalue weighted by atomic mass is 16.1. The summed E-state index contributed by atoms with van der Waals surface area (Å²) in [5.41, 5.74) is 4.91. The molecule has 0 radical (unpaired) electrons. The fraction of sp³-hybridized carbons (Fsp3) is 0.280. The maximum Gasteiger partial charge on any atom is 0.225 e. The number of pyridine rings is 1. The van der Waals surface area contributed by atoms with Crippen LogP contribution in [0.4, 0.5) is 5.95 Å². The van der Waals surface area contributed by atoms with Crippen LogP contribution in [0.5, 0.6) is 0 Å². The second-order valence-electron chi connectivity index (χ2n) is 8.01. The van der Waals surface area contributed by atoms with Crippen LogP contribution in [0.15, 0.2) is 67.1 Å². The Morgan fingerprint density at radius 2 is 1.87 bits per heavy atom. The highest BCUT2D eigenvalue weighted by molar-refractivity contribution is 5.81. The molecule has 158 valence electrons. The summed E-state index contributed by atoms with van der Waals surface area (Å²) in [5, 5.41) is 3.03. The Kier molecular flexibility index (Phi) is 6.36. The van der Waals surface area contributed by atoms with Gasteiger partial charge in [0, 0.05) is 56.8 Å². The summed E-state index contributed by atoms with van der Waals surface area (Å²) < 4.78 is 0. The largest absolute Gasteiger partial charge is 0.352 e. The Morgan fingerprint density at radius 3 is 2.55 bits per heavy atom. The number of anilines is 1. The van der Waals surface area contributed by atoms with E-state index in [1.807, 2.05) is 61.6 Å². The first-order chi connectivity index (χ1) is 15.1. The first-order valence-corrected chi connectivity index (χ1v) is 10.6. The molecular formula is C25H27N5O. The molecule has 2 aromatic heterocycles. The average Bonchev–Trinajstić information content (AvgIpc) is 3.31. The minimum absolute atomic E-state index is 0.104. The number of hydrogen-bond donors (Lipinski definition) is 1. The number of allylic oxidation sites excluding steroid dienone is 2. The maximum absolute atomic E-state index is 12.2. The number of carbonyl (C=O) groups is 1. The molecule has 0 spiro atoms. The summed E-state index contributed by atoms with van der Waals surface area (Å²) in [6.07, 6.45) is 12.4. The molecule has 0 saturated heterocycles. The van der Waals surface area contributed by atoms with Crippen molar-refractivity contribution in [2.75, 3.05) is 19.0 Å². The minimum atomic E-state index is 0.104. The molecule has 1 aliphatic carbocycles. The van der Waals surface area contributed by atoms with E-state index in [1.54, 1.807) is 12.4 Å². The SMILES string of the molecule is CN(C)c1ncc(-c2ccncc2)c(-c2ccc(CNC(=O)CC3C=CCC3)cc2)n1. The molecule has 1 atom stereocenters. The van der Waals surface area contributed by atoms with Crippen LogP contribution in [-0.4, -0.2) is 35.0 Å². The van der Waals surface area contributed by atoms with Crippen LogP contribution in [0.3, 0.4) is 0 Å².